The minimum absolute atomic E-state index is 0.314. The highest BCUT2D eigenvalue weighted by molar-refractivity contribution is 14.1. The van der Waals surface area contributed by atoms with E-state index in [1.165, 1.54) is 0 Å². The third kappa shape index (κ3) is 5.42. The van der Waals surface area contributed by atoms with E-state index in [4.69, 9.17) is 4.74 Å². The zero-order chi connectivity index (χ0) is 12.2. The number of imidazole rings is 1. The lowest BCUT2D eigenvalue weighted by Gasteiger charge is -2.16. The molecule has 0 aliphatic rings. The van der Waals surface area contributed by atoms with Gasteiger partial charge in [0.1, 0.15) is 15.6 Å². The van der Waals surface area contributed by atoms with Gasteiger partial charge >= 0.3 is 0 Å². The van der Waals surface area contributed by atoms with Crippen LogP contribution < -0.4 is 0 Å². The molecule has 0 aromatic carbocycles. The first-order chi connectivity index (χ1) is 7.38. The van der Waals surface area contributed by atoms with Crippen molar-refractivity contribution in [2.75, 3.05) is 13.2 Å². The van der Waals surface area contributed by atoms with Crippen LogP contribution in [0.5, 0.6) is 0 Å². The van der Waals surface area contributed by atoms with Gasteiger partial charge in [0.05, 0.1) is 6.61 Å². The van der Waals surface area contributed by atoms with Gasteiger partial charge in [-0.15, -0.1) is 0 Å². The Morgan fingerprint density at radius 2 is 2.25 bits per heavy atom. The number of aliphatic hydroxyl groups is 1. The summed E-state index contributed by atoms with van der Waals surface area (Å²) in [5.74, 6) is 0.581. The number of nitrogens with zero attached hydrogens (tertiary/aromatic N) is 1. The van der Waals surface area contributed by atoms with Crippen molar-refractivity contribution < 1.29 is 9.84 Å². The van der Waals surface area contributed by atoms with Crippen LogP contribution in [0.2, 0.25) is 25.7 Å². The van der Waals surface area contributed by atoms with E-state index in [1.54, 1.807) is 6.20 Å². The Hall–Kier alpha value is 0.0769. The lowest BCUT2D eigenvalue weighted by molar-refractivity contribution is 0.0374. The third-order valence-electron chi connectivity index (χ3n) is 2.15. The molecule has 1 rings (SSSR count). The first-order valence-corrected chi connectivity index (χ1v) is 10.1. The molecule has 1 heterocycles. The van der Waals surface area contributed by atoms with Crippen molar-refractivity contribution in [1.29, 1.82) is 0 Å². The van der Waals surface area contributed by atoms with Crippen LogP contribution in [0.1, 0.15) is 11.9 Å². The highest BCUT2D eigenvalue weighted by Gasteiger charge is 2.14. The quantitative estimate of drug-likeness (QED) is 0.469. The number of aromatic nitrogens is 2. The van der Waals surface area contributed by atoms with Gasteiger partial charge in [-0.05, 0) is 28.6 Å². The Balaban J connectivity index is 2.23. The van der Waals surface area contributed by atoms with Gasteiger partial charge in [-0.2, -0.15) is 0 Å². The van der Waals surface area contributed by atoms with Crippen molar-refractivity contribution in [3.05, 3.63) is 15.7 Å². The Bertz CT molecular complexity index is 325. The molecule has 1 atom stereocenters. The number of aliphatic hydroxyl groups excluding tert-OH is 1. The molecule has 92 valence electrons. The minimum Gasteiger partial charge on any atom is -0.383 e. The Morgan fingerprint density at radius 1 is 1.56 bits per heavy atom. The largest absolute Gasteiger partial charge is 0.383 e. The number of hydrogen-bond acceptors (Lipinski definition) is 3. The van der Waals surface area contributed by atoms with Crippen molar-refractivity contribution in [2.45, 2.75) is 31.8 Å². The van der Waals surface area contributed by atoms with Gasteiger partial charge in [-0.1, -0.05) is 19.6 Å². The lowest BCUT2D eigenvalue weighted by Crippen LogP contribution is -2.22. The van der Waals surface area contributed by atoms with Crippen LogP contribution in [0.3, 0.4) is 0 Å². The molecular weight excluding hydrogens is 335 g/mol. The summed E-state index contributed by atoms with van der Waals surface area (Å²) in [5, 5.41) is 9.75. The molecule has 0 amide bonds. The molecular formula is C10H19IN2O2Si. The van der Waals surface area contributed by atoms with Gasteiger partial charge in [-0.3, -0.25) is 0 Å². The first-order valence-electron chi connectivity index (χ1n) is 5.35. The number of H-pyrrole nitrogens is 1. The average molecular weight is 354 g/mol. The highest BCUT2D eigenvalue weighted by atomic mass is 127. The summed E-state index contributed by atoms with van der Waals surface area (Å²) in [6.07, 6.45) is 1.12. The number of rotatable bonds is 6. The Labute approximate surface area is 111 Å². The fourth-order valence-electron chi connectivity index (χ4n) is 1.14. The van der Waals surface area contributed by atoms with Gasteiger partial charge in [0, 0.05) is 20.9 Å². The summed E-state index contributed by atoms with van der Waals surface area (Å²) >= 11 is 2.10. The van der Waals surface area contributed by atoms with E-state index in [0.29, 0.717) is 12.4 Å². The Kier molecular flexibility index (Phi) is 5.42. The fraction of sp³-hybridized carbons (Fsp3) is 0.700. The maximum Gasteiger partial charge on any atom is 0.138 e. The van der Waals surface area contributed by atoms with Crippen LogP contribution in [0.4, 0.5) is 0 Å². The maximum absolute atomic E-state index is 9.75. The SMILES string of the molecule is C[Si](C)(C)CCOCC(O)c1nc(I)c[nH]1. The molecule has 0 aliphatic carbocycles. The molecule has 1 unspecified atom stereocenters. The van der Waals surface area contributed by atoms with E-state index in [-0.39, 0.29) is 0 Å². The van der Waals surface area contributed by atoms with E-state index < -0.39 is 14.2 Å². The van der Waals surface area contributed by atoms with Crippen LogP contribution in [-0.4, -0.2) is 36.4 Å². The summed E-state index contributed by atoms with van der Waals surface area (Å²) < 4.78 is 6.31. The third-order valence-corrected chi connectivity index (χ3v) is 4.41. The van der Waals surface area contributed by atoms with Crippen LogP contribution >= 0.6 is 22.6 Å². The number of halogens is 1. The molecule has 16 heavy (non-hydrogen) atoms. The summed E-state index contributed by atoms with van der Waals surface area (Å²) in [4.78, 5) is 7.07. The molecule has 0 saturated heterocycles. The summed E-state index contributed by atoms with van der Waals surface area (Å²) in [6, 6.07) is 1.12. The van der Waals surface area contributed by atoms with E-state index in [2.05, 4.69) is 52.2 Å². The molecule has 2 N–H and O–H groups in total. The van der Waals surface area contributed by atoms with Crippen molar-refractivity contribution in [2.24, 2.45) is 0 Å². The van der Waals surface area contributed by atoms with Crippen molar-refractivity contribution in [3.63, 3.8) is 0 Å². The van der Waals surface area contributed by atoms with Crippen LogP contribution in [0, 0.1) is 3.70 Å². The van der Waals surface area contributed by atoms with Gasteiger partial charge < -0.3 is 14.8 Å². The normalized spacial score (nSPS) is 14.1. The standard InChI is InChI=1S/C10H19IN2O2Si/c1-16(2,3)5-4-15-7-8(14)10-12-6-9(11)13-10/h6,8,14H,4-5,7H2,1-3H3,(H,12,13). The van der Waals surface area contributed by atoms with Gasteiger partial charge in [0.15, 0.2) is 0 Å². The predicted octanol–water partition coefficient (Wildman–Crippen LogP) is 2.40. The molecule has 0 bridgehead atoms. The van der Waals surface area contributed by atoms with E-state index in [0.717, 1.165) is 16.4 Å². The molecule has 4 nitrogen and oxygen atoms in total. The van der Waals surface area contributed by atoms with Crippen molar-refractivity contribution in [1.82, 2.24) is 9.97 Å². The topological polar surface area (TPSA) is 58.1 Å². The molecule has 0 saturated carbocycles. The molecule has 0 radical (unpaired) electrons. The number of aromatic amines is 1. The van der Waals surface area contributed by atoms with Gasteiger partial charge in [0.2, 0.25) is 0 Å². The van der Waals surface area contributed by atoms with Crippen LogP contribution in [0.15, 0.2) is 6.20 Å². The number of nitrogens with one attached hydrogen (secondary N) is 1. The molecule has 0 aliphatic heterocycles. The molecule has 6 heteroatoms. The second kappa shape index (κ2) is 6.13. The average Bonchev–Trinajstić information content (AvgIpc) is 2.57. The van der Waals surface area contributed by atoms with Gasteiger partial charge in [-0.25, -0.2) is 4.98 Å². The predicted molar refractivity (Wildman–Crippen MR) is 75.2 cm³/mol. The maximum atomic E-state index is 9.75. The highest BCUT2D eigenvalue weighted by Crippen LogP contribution is 2.12. The molecule has 0 spiro atoms. The summed E-state index contributed by atoms with van der Waals surface area (Å²) in [5.41, 5.74) is 0. The van der Waals surface area contributed by atoms with E-state index in [9.17, 15) is 5.11 Å². The fourth-order valence-corrected chi connectivity index (χ4v) is 2.31. The first kappa shape index (κ1) is 14.1. The van der Waals surface area contributed by atoms with Gasteiger partial charge in [0.25, 0.3) is 0 Å². The van der Waals surface area contributed by atoms with Crippen LogP contribution in [0.25, 0.3) is 0 Å². The summed E-state index contributed by atoms with van der Waals surface area (Å²) in [6.45, 7) is 7.96. The number of ether oxygens (including phenoxy) is 1. The zero-order valence-corrected chi connectivity index (χ0v) is 13.1. The summed E-state index contributed by atoms with van der Waals surface area (Å²) in [7, 11) is -1.04. The van der Waals surface area contributed by atoms with Crippen LogP contribution in [-0.2, 0) is 4.74 Å². The monoisotopic (exact) mass is 354 g/mol. The molecule has 1 aromatic rings. The zero-order valence-electron chi connectivity index (χ0n) is 9.96. The number of hydrogen-bond donors (Lipinski definition) is 2. The van der Waals surface area contributed by atoms with E-state index in [1.807, 2.05) is 0 Å². The minimum atomic E-state index is -1.04. The molecule has 1 aromatic heterocycles. The van der Waals surface area contributed by atoms with Crippen molar-refractivity contribution in [3.8, 4) is 0 Å². The molecule has 0 fully saturated rings. The van der Waals surface area contributed by atoms with E-state index >= 15 is 0 Å². The second-order valence-corrected chi connectivity index (χ2v) is 11.7. The lowest BCUT2D eigenvalue weighted by atomic mass is 10.4. The Morgan fingerprint density at radius 3 is 2.75 bits per heavy atom. The smallest absolute Gasteiger partial charge is 0.138 e. The second-order valence-electron chi connectivity index (χ2n) is 5.01. The van der Waals surface area contributed by atoms with Crippen molar-refractivity contribution >= 4 is 30.7 Å².